The molecule has 0 unspecified atom stereocenters. The van der Waals surface area contributed by atoms with E-state index < -0.39 is 10.0 Å². The number of hydrogen-bond donors (Lipinski definition) is 2. The fraction of sp³-hybridized carbons (Fsp3) is 0. The summed E-state index contributed by atoms with van der Waals surface area (Å²) < 4.78 is 23.8. The molecule has 0 saturated carbocycles. The van der Waals surface area contributed by atoms with Crippen molar-refractivity contribution in [3.63, 3.8) is 0 Å². The molecule has 0 radical (unpaired) electrons. The Hall–Kier alpha value is -1.96. The summed E-state index contributed by atoms with van der Waals surface area (Å²) in [5.41, 5.74) is 0.839. The molecule has 0 aliphatic rings. The number of allylic oxidation sites excluding steroid dienone is 1. The van der Waals surface area contributed by atoms with Crippen LogP contribution in [-0.2, 0) is 10.0 Å². The molecule has 114 valence electrons. The van der Waals surface area contributed by atoms with Crippen LogP contribution >= 0.6 is 15.9 Å². The normalized spacial score (nSPS) is 11.5. The molecule has 0 amide bonds. The fourth-order valence-corrected chi connectivity index (χ4v) is 2.72. The summed E-state index contributed by atoms with van der Waals surface area (Å²) >= 11 is 3.29. The van der Waals surface area contributed by atoms with Gasteiger partial charge in [0.05, 0.1) is 5.69 Å². The number of halogens is 1. The molecule has 2 aromatic rings. The predicted octanol–water partition coefficient (Wildman–Crippen LogP) is 2.91. The second-order valence-electron chi connectivity index (χ2n) is 4.39. The van der Waals surface area contributed by atoms with Gasteiger partial charge in [-0.3, -0.25) is 4.79 Å². The number of primary sulfonamides is 1. The minimum Gasteiger partial charge on any atom is -0.360 e. The molecule has 0 fully saturated rings. The highest BCUT2D eigenvalue weighted by molar-refractivity contribution is 9.10. The molecule has 2 aromatic carbocycles. The molecule has 3 N–H and O–H groups in total. The second kappa shape index (κ2) is 6.87. The van der Waals surface area contributed by atoms with Crippen LogP contribution in [0, 0.1) is 0 Å². The first-order valence-corrected chi connectivity index (χ1v) is 8.56. The summed E-state index contributed by atoms with van der Waals surface area (Å²) in [7, 11) is -3.83. The average molecular weight is 381 g/mol. The molecule has 0 atom stereocenters. The zero-order valence-corrected chi connectivity index (χ0v) is 13.8. The van der Waals surface area contributed by atoms with Gasteiger partial charge in [-0.05, 0) is 36.4 Å². The second-order valence-corrected chi connectivity index (χ2v) is 6.84. The van der Waals surface area contributed by atoms with Crippen LogP contribution in [0.25, 0.3) is 0 Å². The Morgan fingerprint density at radius 2 is 1.73 bits per heavy atom. The van der Waals surface area contributed by atoms with E-state index in [1.165, 1.54) is 18.3 Å². The maximum atomic E-state index is 11.9. The monoisotopic (exact) mass is 380 g/mol. The third-order valence-corrected chi connectivity index (χ3v) is 4.29. The maximum Gasteiger partial charge on any atom is 0.240 e. The summed E-state index contributed by atoms with van der Waals surface area (Å²) in [6.45, 7) is 0. The summed E-state index contributed by atoms with van der Waals surface area (Å²) in [6, 6.07) is 13.1. The Bertz CT molecular complexity index is 815. The van der Waals surface area contributed by atoms with E-state index in [2.05, 4.69) is 21.2 Å². The third kappa shape index (κ3) is 4.27. The van der Waals surface area contributed by atoms with Crippen molar-refractivity contribution in [2.45, 2.75) is 4.90 Å². The van der Waals surface area contributed by atoms with Crippen molar-refractivity contribution in [1.29, 1.82) is 0 Å². The highest BCUT2D eigenvalue weighted by atomic mass is 79.9. The number of anilines is 1. The molecule has 7 heteroatoms. The van der Waals surface area contributed by atoms with E-state index in [-0.39, 0.29) is 10.7 Å². The van der Waals surface area contributed by atoms with Gasteiger partial charge in [-0.2, -0.15) is 0 Å². The summed E-state index contributed by atoms with van der Waals surface area (Å²) in [5, 5.41) is 7.89. The quantitative estimate of drug-likeness (QED) is 0.616. The summed E-state index contributed by atoms with van der Waals surface area (Å²) in [4.78, 5) is 11.9. The van der Waals surface area contributed by atoms with Crippen LogP contribution in [0.3, 0.4) is 0 Å². The predicted molar refractivity (Wildman–Crippen MR) is 89.1 cm³/mol. The van der Waals surface area contributed by atoms with Crippen LogP contribution in [0.1, 0.15) is 10.4 Å². The standard InChI is InChI=1S/C15H13BrN2O3S/c16-12-7-5-11(6-8-12)14(19)9-10-18-13-3-1-2-4-15(13)22(17,20)21/h1-10,18H,(H2,17,20,21)/b10-9-. The molecular weight excluding hydrogens is 368 g/mol. The van der Waals surface area contributed by atoms with Crippen LogP contribution in [0.4, 0.5) is 5.69 Å². The lowest BCUT2D eigenvalue weighted by Crippen LogP contribution is -2.13. The zero-order valence-electron chi connectivity index (χ0n) is 11.4. The van der Waals surface area contributed by atoms with Crippen LogP contribution in [0.15, 0.2) is 70.2 Å². The Morgan fingerprint density at radius 3 is 2.36 bits per heavy atom. The van der Waals surface area contributed by atoms with Gasteiger partial charge in [0.2, 0.25) is 10.0 Å². The van der Waals surface area contributed by atoms with Crippen LogP contribution in [0.5, 0.6) is 0 Å². The first kappa shape index (κ1) is 16.4. The lowest BCUT2D eigenvalue weighted by Gasteiger charge is -2.06. The number of para-hydroxylation sites is 1. The number of rotatable bonds is 5. The number of carbonyl (C=O) groups is 1. The fourth-order valence-electron chi connectivity index (χ4n) is 1.75. The van der Waals surface area contributed by atoms with Gasteiger partial charge in [0.15, 0.2) is 5.78 Å². The van der Waals surface area contributed by atoms with Gasteiger partial charge >= 0.3 is 0 Å². The van der Waals surface area contributed by atoms with Crippen molar-refractivity contribution in [1.82, 2.24) is 0 Å². The molecule has 0 saturated heterocycles. The van der Waals surface area contributed by atoms with Crippen molar-refractivity contribution in [3.05, 3.63) is 70.8 Å². The van der Waals surface area contributed by atoms with Gasteiger partial charge < -0.3 is 5.32 Å². The van der Waals surface area contributed by atoms with E-state index in [0.717, 1.165) is 4.47 Å². The number of hydrogen-bond acceptors (Lipinski definition) is 4. The van der Waals surface area contributed by atoms with E-state index >= 15 is 0 Å². The molecule has 0 spiro atoms. The number of benzene rings is 2. The molecule has 0 bridgehead atoms. The van der Waals surface area contributed by atoms with Crippen molar-refractivity contribution < 1.29 is 13.2 Å². The average Bonchev–Trinajstić information content (AvgIpc) is 2.47. The van der Waals surface area contributed by atoms with Crippen molar-refractivity contribution in [2.24, 2.45) is 5.14 Å². The van der Waals surface area contributed by atoms with E-state index in [1.807, 2.05) is 0 Å². The SMILES string of the molecule is NS(=O)(=O)c1ccccc1N/C=C\C(=O)c1ccc(Br)cc1. The van der Waals surface area contributed by atoms with E-state index in [4.69, 9.17) is 5.14 Å². The molecule has 0 aliphatic heterocycles. The molecule has 0 heterocycles. The van der Waals surface area contributed by atoms with Crippen molar-refractivity contribution in [2.75, 3.05) is 5.32 Å². The lowest BCUT2D eigenvalue weighted by molar-refractivity contribution is 0.104. The van der Waals surface area contributed by atoms with Gasteiger partial charge in [-0.25, -0.2) is 13.6 Å². The smallest absolute Gasteiger partial charge is 0.240 e. The van der Waals surface area contributed by atoms with Gasteiger partial charge in [-0.1, -0.05) is 28.1 Å². The van der Waals surface area contributed by atoms with E-state index in [1.54, 1.807) is 42.5 Å². The molecule has 5 nitrogen and oxygen atoms in total. The number of nitrogens with two attached hydrogens (primary N) is 1. The lowest BCUT2D eigenvalue weighted by atomic mass is 10.1. The van der Waals surface area contributed by atoms with Gasteiger partial charge in [-0.15, -0.1) is 0 Å². The molecule has 2 rings (SSSR count). The molecule has 0 aliphatic carbocycles. The molecular formula is C15H13BrN2O3S. The van der Waals surface area contributed by atoms with Crippen LogP contribution < -0.4 is 10.5 Å². The number of carbonyl (C=O) groups excluding carboxylic acids is 1. The molecule has 22 heavy (non-hydrogen) atoms. The number of ketones is 1. The highest BCUT2D eigenvalue weighted by Gasteiger charge is 2.12. The highest BCUT2D eigenvalue weighted by Crippen LogP contribution is 2.19. The number of sulfonamides is 1. The van der Waals surface area contributed by atoms with Gasteiger partial charge in [0.1, 0.15) is 4.90 Å². The molecule has 0 aromatic heterocycles. The zero-order chi connectivity index (χ0) is 16.2. The van der Waals surface area contributed by atoms with Gasteiger partial charge in [0.25, 0.3) is 0 Å². The minimum atomic E-state index is -3.83. The maximum absolute atomic E-state index is 11.9. The van der Waals surface area contributed by atoms with E-state index in [0.29, 0.717) is 11.3 Å². The van der Waals surface area contributed by atoms with Gasteiger partial charge in [0, 0.05) is 22.3 Å². The van der Waals surface area contributed by atoms with Crippen molar-refractivity contribution in [3.8, 4) is 0 Å². The first-order chi connectivity index (χ1) is 10.4. The Kier molecular flexibility index (Phi) is 5.12. The number of nitrogens with one attached hydrogen (secondary N) is 1. The van der Waals surface area contributed by atoms with Crippen molar-refractivity contribution >= 4 is 37.4 Å². The Labute approximate surface area is 137 Å². The third-order valence-electron chi connectivity index (χ3n) is 2.80. The Balaban J connectivity index is 2.13. The minimum absolute atomic E-state index is 0.0317. The Morgan fingerprint density at radius 1 is 1.09 bits per heavy atom. The topological polar surface area (TPSA) is 89.3 Å². The summed E-state index contributed by atoms with van der Waals surface area (Å²) in [6.07, 6.45) is 2.71. The van der Waals surface area contributed by atoms with Crippen LogP contribution in [0.2, 0.25) is 0 Å². The largest absolute Gasteiger partial charge is 0.360 e. The summed E-state index contributed by atoms with van der Waals surface area (Å²) in [5.74, 6) is -0.201. The first-order valence-electron chi connectivity index (χ1n) is 6.23. The van der Waals surface area contributed by atoms with Crippen LogP contribution in [-0.4, -0.2) is 14.2 Å². The van der Waals surface area contributed by atoms with E-state index in [9.17, 15) is 13.2 Å².